The van der Waals surface area contributed by atoms with Crippen LogP contribution in [0.3, 0.4) is 0 Å². The van der Waals surface area contributed by atoms with Crippen LogP contribution in [-0.4, -0.2) is 55.3 Å². The predicted octanol–water partition coefficient (Wildman–Crippen LogP) is 0.740. The van der Waals surface area contributed by atoms with E-state index in [4.69, 9.17) is 4.74 Å². The lowest BCUT2D eigenvalue weighted by molar-refractivity contribution is -0.0875. The fraction of sp³-hybridized carbons (Fsp3) is 0.583. The molecule has 2 aliphatic rings. The molecule has 3 heterocycles. The highest BCUT2D eigenvalue weighted by atomic mass is 19.1. The number of hydrogen-bond donors (Lipinski definition) is 0. The summed E-state index contributed by atoms with van der Waals surface area (Å²) in [7, 11) is 2.12. The Morgan fingerprint density at radius 2 is 1.94 bits per heavy atom. The second kappa shape index (κ2) is 4.23. The van der Waals surface area contributed by atoms with Gasteiger partial charge in [-0.3, -0.25) is 0 Å². The van der Waals surface area contributed by atoms with E-state index < -0.39 is 5.95 Å². The van der Waals surface area contributed by atoms with Gasteiger partial charge in [-0.1, -0.05) is 0 Å². The highest BCUT2D eigenvalue weighted by Gasteiger charge is 2.33. The van der Waals surface area contributed by atoms with Crippen molar-refractivity contribution in [3.63, 3.8) is 0 Å². The molecule has 0 aromatic carbocycles. The number of hydrogen-bond acceptors (Lipinski definition) is 4. The van der Waals surface area contributed by atoms with E-state index >= 15 is 0 Å². The van der Waals surface area contributed by atoms with Crippen molar-refractivity contribution in [1.82, 2.24) is 9.88 Å². The Hall–Kier alpha value is -1.20. The molecule has 0 aliphatic carbocycles. The summed E-state index contributed by atoms with van der Waals surface area (Å²) in [6.07, 6.45) is 2.09. The van der Waals surface area contributed by atoms with Gasteiger partial charge in [0.05, 0.1) is 24.1 Å². The van der Waals surface area contributed by atoms with Gasteiger partial charge in [0.25, 0.3) is 0 Å². The maximum absolute atomic E-state index is 12.8. The minimum atomic E-state index is -0.429. The number of ether oxygens (including phenoxy) is 1. The summed E-state index contributed by atoms with van der Waals surface area (Å²) in [5.74, 6) is -0.429. The standard InChI is InChI=1S/C12H16FN3O/c1-15-5-10-7-16(8-11(6-15)17-10)9-2-3-12(13)14-4-9/h2-4,10-11H,5-8H2,1H3. The van der Waals surface area contributed by atoms with E-state index in [0.717, 1.165) is 31.9 Å². The number of nitrogens with zero attached hydrogens (tertiary/aromatic N) is 3. The number of morpholine rings is 2. The number of anilines is 1. The Bertz CT molecular complexity index is 379. The molecule has 0 amide bonds. The van der Waals surface area contributed by atoms with Crippen molar-refractivity contribution in [3.8, 4) is 0 Å². The molecular weight excluding hydrogens is 221 g/mol. The number of halogens is 1. The summed E-state index contributed by atoms with van der Waals surface area (Å²) in [6, 6.07) is 3.19. The van der Waals surface area contributed by atoms with Crippen LogP contribution in [-0.2, 0) is 4.74 Å². The average molecular weight is 237 g/mol. The maximum atomic E-state index is 12.8. The third kappa shape index (κ3) is 2.25. The first-order valence-electron chi connectivity index (χ1n) is 5.91. The zero-order valence-corrected chi connectivity index (χ0v) is 9.84. The summed E-state index contributed by atoms with van der Waals surface area (Å²) in [6.45, 7) is 3.63. The molecule has 0 saturated carbocycles. The second-order valence-electron chi connectivity index (χ2n) is 4.85. The Morgan fingerprint density at radius 3 is 2.53 bits per heavy atom. The molecule has 3 rings (SSSR count). The predicted molar refractivity (Wildman–Crippen MR) is 62.6 cm³/mol. The van der Waals surface area contributed by atoms with E-state index in [1.54, 1.807) is 12.3 Å². The number of fused-ring (bicyclic) bond motifs is 2. The van der Waals surface area contributed by atoms with Gasteiger partial charge in [0.15, 0.2) is 0 Å². The van der Waals surface area contributed by atoms with Crippen LogP contribution in [0, 0.1) is 5.95 Å². The maximum Gasteiger partial charge on any atom is 0.212 e. The Kier molecular flexibility index (Phi) is 2.72. The summed E-state index contributed by atoms with van der Waals surface area (Å²) >= 11 is 0. The zero-order chi connectivity index (χ0) is 11.8. The molecular formula is C12H16FN3O. The average Bonchev–Trinajstić information content (AvgIpc) is 2.28. The van der Waals surface area contributed by atoms with Gasteiger partial charge >= 0.3 is 0 Å². The van der Waals surface area contributed by atoms with E-state index in [2.05, 4.69) is 21.8 Å². The smallest absolute Gasteiger partial charge is 0.212 e. The van der Waals surface area contributed by atoms with Crippen LogP contribution in [0.15, 0.2) is 18.3 Å². The quantitative estimate of drug-likeness (QED) is 0.674. The molecule has 17 heavy (non-hydrogen) atoms. The first-order chi connectivity index (χ1) is 8.20. The van der Waals surface area contributed by atoms with Crippen LogP contribution in [0.1, 0.15) is 0 Å². The number of likely N-dealkylation sites (N-methyl/N-ethyl adjacent to an activating group) is 1. The SMILES string of the molecule is CN1CC2CN(c3ccc(F)nc3)CC(C1)O2. The summed E-state index contributed by atoms with van der Waals surface area (Å²) < 4.78 is 18.7. The molecule has 5 heteroatoms. The van der Waals surface area contributed by atoms with Crippen LogP contribution in [0.2, 0.25) is 0 Å². The number of rotatable bonds is 1. The van der Waals surface area contributed by atoms with E-state index in [-0.39, 0.29) is 12.2 Å². The van der Waals surface area contributed by atoms with Gasteiger partial charge in [-0.25, -0.2) is 4.98 Å². The van der Waals surface area contributed by atoms with Crippen molar-refractivity contribution in [1.29, 1.82) is 0 Å². The van der Waals surface area contributed by atoms with Crippen molar-refractivity contribution in [2.75, 3.05) is 38.1 Å². The van der Waals surface area contributed by atoms with E-state index in [0.29, 0.717) is 0 Å². The highest BCUT2D eigenvalue weighted by Crippen LogP contribution is 2.23. The molecule has 0 radical (unpaired) electrons. The molecule has 2 saturated heterocycles. The van der Waals surface area contributed by atoms with Crippen molar-refractivity contribution in [2.24, 2.45) is 0 Å². The molecule has 0 spiro atoms. The van der Waals surface area contributed by atoms with E-state index in [1.807, 2.05) is 0 Å². The molecule has 1 aromatic rings. The normalized spacial score (nSPS) is 29.4. The van der Waals surface area contributed by atoms with Crippen LogP contribution in [0.25, 0.3) is 0 Å². The van der Waals surface area contributed by atoms with Crippen molar-refractivity contribution in [2.45, 2.75) is 12.2 Å². The molecule has 2 fully saturated rings. The van der Waals surface area contributed by atoms with E-state index in [9.17, 15) is 4.39 Å². The van der Waals surface area contributed by atoms with Gasteiger partial charge < -0.3 is 14.5 Å². The third-order valence-electron chi connectivity index (χ3n) is 3.34. The van der Waals surface area contributed by atoms with Crippen molar-refractivity contribution >= 4 is 5.69 Å². The van der Waals surface area contributed by atoms with Crippen LogP contribution in [0.4, 0.5) is 10.1 Å². The monoisotopic (exact) mass is 237 g/mol. The summed E-state index contributed by atoms with van der Waals surface area (Å²) in [5, 5.41) is 0. The molecule has 2 bridgehead atoms. The summed E-state index contributed by atoms with van der Waals surface area (Å²) in [4.78, 5) is 8.24. The Balaban J connectivity index is 1.75. The minimum absolute atomic E-state index is 0.248. The number of pyridine rings is 1. The van der Waals surface area contributed by atoms with Gasteiger partial charge in [0, 0.05) is 26.2 Å². The minimum Gasteiger partial charge on any atom is -0.369 e. The molecule has 2 atom stereocenters. The zero-order valence-electron chi connectivity index (χ0n) is 9.84. The first-order valence-corrected chi connectivity index (χ1v) is 5.91. The molecule has 2 unspecified atom stereocenters. The molecule has 0 N–H and O–H groups in total. The third-order valence-corrected chi connectivity index (χ3v) is 3.34. The van der Waals surface area contributed by atoms with Crippen LogP contribution >= 0.6 is 0 Å². The molecule has 4 nitrogen and oxygen atoms in total. The fourth-order valence-corrected chi connectivity index (χ4v) is 2.66. The van der Waals surface area contributed by atoms with Crippen molar-refractivity contribution < 1.29 is 9.13 Å². The van der Waals surface area contributed by atoms with Gasteiger partial charge in [0.1, 0.15) is 0 Å². The van der Waals surface area contributed by atoms with Crippen LogP contribution < -0.4 is 4.90 Å². The summed E-state index contributed by atoms with van der Waals surface area (Å²) in [5.41, 5.74) is 0.981. The number of aromatic nitrogens is 1. The Labute approximate surface area is 100.0 Å². The highest BCUT2D eigenvalue weighted by molar-refractivity contribution is 5.44. The second-order valence-corrected chi connectivity index (χ2v) is 4.85. The van der Waals surface area contributed by atoms with Gasteiger partial charge in [-0.2, -0.15) is 4.39 Å². The van der Waals surface area contributed by atoms with Gasteiger partial charge in [0.2, 0.25) is 5.95 Å². The van der Waals surface area contributed by atoms with Gasteiger partial charge in [-0.05, 0) is 19.2 Å². The van der Waals surface area contributed by atoms with Crippen molar-refractivity contribution in [3.05, 3.63) is 24.3 Å². The lowest BCUT2D eigenvalue weighted by atomic mass is 10.1. The first kappa shape index (κ1) is 10.9. The topological polar surface area (TPSA) is 28.6 Å². The van der Waals surface area contributed by atoms with Crippen LogP contribution in [0.5, 0.6) is 0 Å². The fourth-order valence-electron chi connectivity index (χ4n) is 2.66. The lowest BCUT2D eigenvalue weighted by Gasteiger charge is -2.45. The van der Waals surface area contributed by atoms with Gasteiger partial charge in [-0.15, -0.1) is 0 Å². The van der Waals surface area contributed by atoms with E-state index in [1.165, 1.54) is 6.07 Å². The largest absolute Gasteiger partial charge is 0.369 e. The molecule has 2 aliphatic heterocycles. The molecule has 92 valence electrons. The molecule has 1 aromatic heterocycles. The lowest BCUT2D eigenvalue weighted by Crippen LogP contribution is -2.58. The Morgan fingerprint density at radius 1 is 1.24 bits per heavy atom.